The number of cyclic esters (lactones) is 1. The number of aliphatic hydroxyl groups is 8. The lowest BCUT2D eigenvalue weighted by Gasteiger charge is -2.45. The number of Topliss-reactive ketones (excluding diaryl/α,β-unsaturated/α-hetero) is 3. The summed E-state index contributed by atoms with van der Waals surface area (Å²) in [6.45, 7) is 7.07. The van der Waals surface area contributed by atoms with Gasteiger partial charge in [-0.25, -0.2) is 0 Å². The topological polar surface area (TPSA) is 356 Å². The minimum atomic E-state index is -2.32. The number of carbonyl (C=O) groups excluding carboxylic acids is 4. The number of ketones is 3. The summed E-state index contributed by atoms with van der Waals surface area (Å²) in [4.78, 5) is 64.6. The number of aliphatic hydroxyl groups excluding tert-OH is 7. The molecule has 2 saturated heterocycles. The maximum Gasteiger partial charge on any atom is 0.313 e. The third-order valence-corrected chi connectivity index (χ3v) is 14.4. The molecular weight excluding hydrogens is 1020 g/mol. The van der Waals surface area contributed by atoms with Gasteiger partial charge in [0.1, 0.15) is 36.1 Å². The number of anilines is 1. The van der Waals surface area contributed by atoms with E-state index in [2.05, 4.69) is 0 Å². The summed E-state index contributed by atoms with van der Waals surface area (Å²) in [7, 11) is 0. The molecular formula is C59H84N2O18. The van der Waals surface area contributed by atoms with Crippen molar-refractivity contribution in [3.05, 3.63) is 115 Å². The smallest absolute Gasteiger partial charge is 0.313 e. The molecule has 3 heterocycles. The van der Waals surface area contributed by atoms with Crippen LogP contribution in [0.2, 0.25) is 0 Å². The van der Waals surface area contributed by atoms with Crippen molar-refractivity contribution in [2.45, 2.75) is 190 Å². The van der Waals surface area contributed by atoms with Gasteiger partial charge in [0.05, 0.1) is 61.0 Å². The number of hydrogen-bond acceptors (Lipinski definition) is 19. The number of nitrogen functional groups attached to an aromatic ring is 1. The number of carboxylic acid groups (broad SMARTS) is 1. The second-order valence-corrected chi connectivity index (χ2v) is 21.4. The number of hydrogen-bond donors (Lipinski definition) is 11. The molecule has 0 radical (unpaired) electrons. The first-order chi connectivity index (χ1) is 37.4. The van der Waals surface area contributed by atoms with E-state index in [1.54, 1.807) is 97.2 Å². The van der Waals surface area contributed by atoms with Crippen LogP contribution in [0.15, 0.2) is 109 Å². The summed E-state index contributed by atoms with van der Waals surface area (Å²) in [5, 5.41) is 97.8. The Morgan fingerprint density at radius 3 is 1.94 bits per heavy atom. The first-order valence-corrected chi connectivity index (χ1v) is 27.1. The summed E-state index contributed by atoms with van der Waals surface area (Å²) >= 11 is 0. The minimum Gasteiger partial charge on any atom is -0.481 e. The van der Waals surface area contributed by atoms with Crippen LogP contribution in [0.1, 0.15) is 115 Å². The van der Waals surface area contributed by atoms with E-state index in [0.717, 1.165) is 0 Å². The fourth-order valence-electron chi connectivity index (χ4n) is 10.0. The van der Waals surface area contributed by atoms with Crippen molar-refractivity contribution >= 4 is 35.0 Å². The van der Waals surface area contributed by atoms with E-state index >= 15 is 0 Å². The molecule has 20 heteroatoms. The van der Waals surface area contributed by atoms with Crippen LogP contribution >= 0.6 is 0 Å². The highest BCUT2D eigenvalue weighted by Gasteiger charge is 2.51. The van der Waals surface area contributed by atoms with E-state index in [-0.39, 0.29) is 62.1 Å². The van der Waals surface area contributed by atoms with Crippen LogP contribution in [0.5, 0.6) is 0 Å². The van der Waals surface area contributed by atoms with Crippen molar-refractivity contribution in [3.63, 3.8) is 0 Å². The molecule has 0 aromatic heterocycles. The molecule has 2 bridgehead atoms. The summed E-state index contributed by atoms with van der Waals surface area (Å²) in [6.07, 6.45) is 5.73. The molecule has 3 aliphatic heterocycles. The fourth-order valence-corrected chi connectivity index (χ4v) is 10.0. The minimum absolute atomic E-state index is 0.0673. The Hall–Kier alpha value is -5.33. The lowest BCUT2D eigenvalue weighted by Crippen LogP contribution is -2.61. The molecule has 1 aromatic carbocycles. The van der Waals surface area contributed by atoms with Crippen LogP contribution in [-0.2, 0) is 38.1 Å². The van der Waals surface area contributed by atoms with Gasteiger partial charge < -0.3 is 76.4 Å². The predicted octanol–water partition coefficient (Wildman–Crippen LogP) is 3.77. The quantitative estimate of drug-likeness (QED) is 0.0687. The highest BCUT2D eigenvalue weighted by molar-refractivity contribution is 5.97. The number of benzene rings is 1. The average molecular weight is 1110 g/mol. The number of allylic oxidation sites excluding steroid dienone is 12. The van der Waals surface area contributed by atoms with E-state index in [9.17, 15) is 69.9 Å². The third-order valence-electron chi connectivity index (χ3n) is 14.4. The number of esters is 1. The van der Waals surface area contributed by atoms with Crippen molar-refractivity contribution in [1.82, 2.24) is 0 Å². The van der Waals surface area contributed by atoms with Crippen LogP contribution in [0.3, 0.4) is 0 Å². The molecule has 2 fully saturated rings. The van der Waals surface area contributed by atoms with Gasteiger partial charge in [-0.1, -0.05) is 106 Å². The summed E-state index contributed by atoms with van der Waals surface area (Å²) in [6, 6.07) is 5.27. The molecule has 0 saturated carbocycles. The summed E-state index contributed by atoms with van der Waals surface area (Å²) in [5.41, 5.74) is 12.7. The lowest BCUT2D eigenvalue weighted by atomic mass is 9.82. The Bertz CT molecular complexity index is 2330. The van der Waals surface area contributed by atoms with Crippen LogP contribution in [0, 0.1) is 23.7 Å². The number of ether oxygens (including phenoxy) is 4. The van der Waals surface area contributed by atoms with Gasteiger partial charge in [0, 0.05) is 62.1 Å². The molecule has 0 aliphatic carbocycles. The molecule has 79 heavy (non-hydrogen) atoms. The van der Waals surface area contributed by atoms with E-state index < -0.39 is 147 Å². The van der Waals surface area contributed by atoms with E-state index in [4.69, 9.17) is 30.4 Å². The SMILES string of the molecule is C[C@H]1C=CC=CC=CC=CC=CC=CC=C[C@@H](O[C@@H]2O[C@H](C)[C@@H](O)[C@H](N)[C@@H]2O)C[C@H]2O[C@](O)(C[C@H](O)C[C@H](O)C[C@H](O)CC(=O)CCCC(=O)CC(=O)O[C@@H]1[C@@H](C)C[C@H](C)[C@@H](O)CC(=O)c1ccc(N)cc1)C[C@@H](O)[C@H]2C(=O)O. The summed E-state index contributed by atoms with van der Waals surface area (Å²) in [5.74, 6) is -8.34. The van der Waals surface area contributed by atoms with E-state index in [1.807, 2.05) is 26.8 Å². The van der Waals surface area contributed by atoms with Gasteiger partial charge in [-0.15, -0.1) is 0 Å². The van der Waals surface area contributed by atoms with E-state index in [1.165, 1.54) is 13.0 Å². The van der Waals surface area contributed by atoms with Crippen LogP contribution in [-0.4, -0.2) is 161 Å². The van der Waals surface area contributed by atoms with Gasteiger partial charge in [-0.05, 0) is 68.7 Å². The number of rotatable bonds is 10. The molecule has 3 aliphatic rings. The van der Waals surface area contributed by atoms with Crippen LogP contribution < -0.4 is 11.5 Å². The van der Waals surface area contributed by atoms with Crippen molar-refractivity contribution in [1.29, 1.82) is 0 Å². The van der Waals surface area contributed by atoms with Gasteiger partial charge in [-0.3, -0.25) is 24.0 Å². The molecule has 0 unspecified atom stereocenters. The number of fused-ring (bicyclic) bond motifs is 2. The Kier molecular flexibility index (Phi) is 27.5. The van der Waals surface area contributed by atoms with Gasteiger partial charge in [0.25, 0.3) is 0 Å². The Labute approximate surface area is 462 Å². The Morgan fingerprint density at radius 1 is 0.759 bits per heavy atom. The maximum atomic E-state index is 13.3. The largest absolute Gasteiger partial charge is 0.481 e. The molecule has 1 aromatic rings. The maximum absolute atomic E-state index is 13.3. The van der Waals surface area contributed by atoms with Crippen LogP contribution in [0.4, 0.5) is 5.69 Å². The fraction of sp³-hybridized carbons (Fsp3) is 0.576. The molecule has 438 valence electrons. The average Bonchev–Trinajstić information content (AvgIpc) is 3.40. The van der Waals surface area contributed by atoms with Crippen molar-refractivity contribution in [3.8, 4) is 0 Å². The molecule has 18 atom stereocenters. The summed E-state index contributed by atoms with van der Waals surface area (Å²) < 4.78 is 23.7. The lowest BCUT2D eigenvalue weighted by molar-refractivity contribution is -0.308. The van der Waals surface area contributed by atoms with Crippen molar-refractivity contribution < 1.29 is 88.9 Å². The molecule has 0 spiro atoms. The van der Waals surface area contributed by atoms with E-state index in [0.29, 0.717) is 17.7 Å². The first kappa shape index (κ1) is 66.2. The first-order valence-electron chi connectivity index (χ1n) is 27.1. The monoisotopic (exact) mass is 1110 g/mol. The molecule has 0 amide bonds. The standard InChI is InChI=1S/C59H84N2O18/c1-35-18-15-13-11-9-7-5-6-8-10-12-14-16-21-46(77-58-55(72)53(61)54(71)38(4)76-58)31-50-52(57(73)74)49(69)34-59(75,79-50)33-45(66)29-44(65)28-43(64)27-41(62)19-17-20-42(63)30-51(70)78-56(35)37(3)26-36(2)47(67)32-48(68)39-22-24-40(60)25-23-39/h5-16,18,21-25,35-38,43-47,49-50,52-56,58,64-67,69,71-72,75H,17,19-20,26-34,60-61H2,1-4H3,(H,73,74)/t35-,36-,37-,38+,43+,44+,45+,46+,47-,49+,50+,52+,53-,54+,55-,56-,58-,59+/m0/s1. The Balaban J connectivity index is 1.54. The van der Waals surface area contributed by atoms with Gasteiger partial charge >= 0.3 is 11.9 Å². The second kappa shape index (κ2) is 32.8. The molecule has 20 nitrogen and oxygen atoms in total. The second-order valence-electron chi connectivity index (χ2n) is 21.4. The number of aliphatic carboxylic acids is 1. The molecule has 4 rings (SSSR count). The Morgan fingerprint density at radius 2 is 1.33 bits per heavy atom. The zero-order valence-corrected chi connectivity index (χ0v) is 45.5. The van der Waals surface area contributed by atoms with Crippen molar-refractivity contribution in [2.24, 2.45) is 29.4 Å². The van der Waals surface area contributed by atoms with Gasteiger partial charge in [0.2, 0.25) is 0 Å². The third kappa shape index (κ3) is 22.6. The zero-order chi connectivity index (χ0) is 58.4. The van der Waals surface area contributed by atoms with Gasteiger partial charge in [-0.2, -0.15) is 0 Å². The van der Waals surface area contributed by atoms with Gasteiger partial charge in [0.15, 0.2) is 17.9 Å². The number of carbonyl (C=O) groups is 5. The normalized spacial score (nSPS) is 34.1. The highest BCUT2D eigenvalue weighted by Crippen LogP contribution is 2.38. The van der Waals surface area contributed by atoms with Crippen LogP contribution in [0.25, 0.3) is 0 Å². The van der Waals surface area contributed by atoms with Crippen molar-refractivity contribution in [2.75, 3.05) is 5.73 Å². The molecule has 13 N–H and O–H groups in total. The highest BCUT2D eigenvalue weighted by atomic mass is 16.7. The predicted molar refractivity (Wildman–Crippen MR) is 292 cm³/mol. The zero-order valence-electron chi connectivity index (χ0n) is 45.5. The number of nitrogens with two attached hydrogens (primary N) is 2. The number of carboxylic acids is 1.